The summed E-state index contributed by atoms with van der Waals surface area (Å²) in [6.45, 7) is 0. The van der Waals surface area contributed by atoms with Crippen molar-refractivity contribution in [3.05, 3.63) is 64.7 Å². The average molecular weight is 267 g/mol. The van der Waals surface area contributed by atoms with Crippen LogP contribution in [0.25, 0.3) is 0 Å². The van der Waals surface area contributed by atoms with Gasteiger partial charge in [-0.1, -0.05) is 36.4 Å². The Kier molecular flexibility index (Phi) is 3.75. The molecule has 0 saturated carbocycles. The Balaban J connectivity index is 1.81. The molecule has 0 spiro atoms. The lowest BCUT2D eigenvalue weighted by Crippen LogP contribution is -2.14. The van der Waals surface area contributed by atoms with Gasteiger partial charge in [-0.2, -0.15) is 0 Å². The molecule has 2 nitrogen and oxygen atoms in total. The van der Waals surface area contributed by atoms with Gasteiger partial charge in [-0.05, 0) is 54.0 Å². The van der Waals surface area contributed by atoms with Crippen LogP contribution in [0.3, 0.4) is 0 Å². The van der Waals surface area contributed by atoms with Gasteiger partial charge in [0, 0.05) is 6.04 Å². The molecule has 2 N–H and O–H groups in total. The van der Waals surface area contributed by atoms with Gasteiger partial charge in [0.05, 0.1) is 7.11 Å². The van der Waals surface area contributed by atoms with Crippen LogP contribution in [-0.4, -0.2) is 7.11 Å². The van der Waals surface area contributed by atoms with Crippen molar-refractivity contribution >= 4 is 0 Å². The summed E-state index contributed by atoms with van der Waals surface area (Å²) in [7, 11) is 1.71. The molecule has 2 aromatic carbocycles. The molecule has 1 aliphatic carbocycles. The predicted molar refractivity (Wildman–Crippen MR) is 82.1 cm³/mol. The molecule has 0 bridgehead atoms. The largest absolute Gasteiger partial charge is 0.496 e. The van der Waals surface area contributed by atoms with Crippen molar-refractivity contribution < 1.29 is 4.74 Å². The molecule has 1 unspecified atom stereocenters. The van der Waals surface area contributed by atoms with Crippen LogP contribution in [0.2, 0.25) is 0 Å². The van der Waals surface area contributed by atoms with Gasteiger partial charge in [0.25, 0.3) is 0 Å². The first-order valence-corrected chi connectivity index (χ1v) is 7.27. The number of methoxy groups -OCH3 is 1. The van der Waals surface area contributed by atoms with E-state index in [-0.39, 0.29) is 6.04 Å². The molecule has 0 amide bonds. The van der Waals surface area contributed by atoms with Crippen LogP contribution in [-0.2, 0) is 19.3 Å². The van der Waals surface area contributed by atoms with Crippen LogP contribution in [0.5, 0.6) is 5.75 Å². The number of hydrogen-bond donors (Lipinski definition) is 1. The Morgan fingerprint density at radius 1 is 1.10 bits per heavy atom. The topological polar surface area (TPSA) is 35.2 Å². The van der Waals surface area contributed by atoms with E-state index in [1.165, 1.54) is 41.5 Å². The highest BCUT2D eigenvalue weighted by Crippen LogP contribution is 2.28. The van der Waals surface area contributed by atoms with Crippen molar-refractivity contribution in [3.8, 4) is 5.75 Å². The summed E-state index contributed by atoms with van der Waals surface area (Å²) in [5.41, 5.74) is 11.8. The van der Waals surface area contributed by atoms with E-state index in [1.807, 2.05) is 18.2 Å². The Labute approximate surface area is 120 Å². The highest BCUT2D eigenvalue weighted by atomic mass is 16.5. The molecule has 0 aromatic heterocycles. The normalized spacial score (nSPS) is 14.9. The lowest BCUT2D eigenvalue weighted by Gasteiger charge is -2.15. The number of nitrogens with two attached hydrogens (primary N) is 1. The van der Waals surface area contributed by atoms with Crippen molar-refractivity contribution in [2.75, 3.05) is 7.11 Å². The van der Waals surface area contributed by atoms with Crippen LogP contribution >= 0.6 is 0 Å². The van der Waals surface area contributed by atoms with Gasteiger partial charge >= 0.3 is 0 Å². The van der Waals surface area contributed by atoms with Crippen LogP contribution in [0, 0.1) is 0 Å². The zero-order chi connectivity index (χ0) is 13.9. The number of para-hydroxylation sites is 1. The molecule has 0 saturated heterocycles. The van der Waals surface area contributed by atoms with Gasteiger partial charge in [0.2, 0.25) is 0 Å². The van der Waals surface area contributed by atoms with Gasteiger partial charge in [-0.15, -0.1) is 0 Å². The van der Waals surface area contributed by atoms with Crippen LogP contribution in [0.1, 0.15) is 34.7 Å². The van der Waals surface area contributed by atoms with Crippen LogP contribution in [0.4, 0.5) is 0 Å². The van der Waals surface area contributed by atoms with E-state index in [4.69, 9.17) is 10.5 Å². The summed E-state index contributed by atoms with van der Waals surface area (Å²) < 4.78 is 5.40. The SMILES string of the molecule is COc1ccccc1CC(N)c1ccc2c(c1)CCC2. The lowest BCUT2D eigenvalue weighted by atomic mass is 9.96. The molecular weight excluding hydrogens is 246 g/mol. The predicted octanol–water partition coefficient (Wildman–Crippen LogP) is 3.43. The van der Waals surface area contributed by atoms with Gasteiger partial charge in [-0.3, -0.25) is 0 Å². The maximum Gasteiger partial charge on any atom is 0.122 e. The number of ether oxygens (including phenoxy) is 1. The number of rotatable bonds is 4. The number of hydrogen-bond acceptors (Lipinski definition) is 2. The summed E-state index contributed by atoms with van der Waals surface area (Å²) in [5, 5.41) is 0. The summed E-state index contributed by atoms with van der Waals surface area (Å²) in [4.78, 5) is 0. The maximum absolute atomic E-state index is 6.39. The van der Waals surface area contributed by atoms with Gasteiger partial charge < -0.3 is 10.5 Å². The third-order valence-corrected chi connectivity index (χ3v) is 4.18. The number of fused-ring (bicyclic) bond motifs is 1. The zero-order valence-corrected chi connectivity index (χ0v) is 11.9. The summed E-state index contributed by atoms with van der Waals surface area (Å²) in [6, 6.07) is 14.9. The first-order chi connectivity index (χ1) is 9.78. The first-order valence-electron chi connectivity index (χ1n) is 7.27. The minimum absolute atomic E-state index is 0.0252. The fourth-order valence-corrected chi connectivity index (χ4v) is 3.05. The van der Waals surface area contributed by atoms with E-state index in [0.717, 1.165) is 12.2 Å². The third-order valence-electron chi connectivity index (χ3n) is 4.18. The standard InChI is InChI=1S/C18H21NO/c1-20-18-8-3-2-5-16(18)12-17(19)15-10-9-13-6-4-7-14(13)11-15/h2-3,5,8-11,17H,4,6-7,12,19H2,1H3. The van der Waals surface area contributed by atoms with E-state index in [0.29, 0.717) is 0 Å². The zero-order valence-electron chi connectivity index (χ0n) is 11.9. The maximum atomic E-state index is 6.39. The Hall–Kier alpha value is -1.80. The fourth-order valence-electron chi connectivity index (χ4n) is 3.05. The molecule has 3 rings (SSSR count). The van der Waals surface area contributed by atoms with E-state index < -0.39 is 0 Å². The smallest absolute Gasteiger partial charge is 0.122 e. The highest BCUT2D eigenvalue weighted by molar-refractivity contribution is 5.39. The Morgan fingerprint density at radius 2 is 1.90 bits per heavy atom. The van der Waals surface area contributed by atoms with Crippen LogP contribution < -0.4 is 10.5 Å². The van der Waals surface area contributed by atoms with E-state index in [2.05, 4.69) is 24.3 Å². The fraction of sp³-hybridized carbons (Fsp3) is 0.333. The molecule has 0 aliphatic heterocycles. The second-order valence-corrected chi connectivity index (χ2v) is 5.50. The highest BCUT2D eigenvalue weighted by Gasteiger charge is 2.15. The molecular formula is C18H21NO. The summed E-state index contributed by atoms with van der Waals surface area (Å²) in [5.74, 6) is 0.920. The number of aryl methyl sites for hydroxylation is 2. The molecule has 1 aliphatic rings. The second-order valence-electron chi connectivity index (χ2n) is 5.50. The second kappa shape index (κ2) is 5.68. The van der Waals surface area contributed by atoms with E-state index >= 15 is 0 Å². The van der Waals surface area contributed by atoms with Crippen molar-refractivity contribution in [2.45, 2.75) is 31.7 Å². The van der Waals surface area contributed by atoms with Gasteiger partial charge in [-0.25, -0.2) is 0 Å². The molecule has 1 atom stereocenters. The van der Waals surface area contributed by atoms with E-state index in [9.17, 15) is 0 Å². The molecule has 0 fully saturated rings. The monoisotopic (exact) mass is 267 g/mol. The lowest BCUT2D eigenvalue weighted by molar-refractivity contribution is 0.408. The van der Waals surface area contributed by atoms with Crippen molar-refractivity contribution in [3.63, 3.8) is 0 Å². The van der Waals surface area contributed by atoms with Crippen molar-refractivity contribution in [1.29, 1.82) is 0 Å². The van der Waals surface area contributed by atoms with Gasteiger partial charge in [0.1, 0.15) is 5.75 Å². The van der Waals surface area contributed by atoms with Crippen LogP contribution in [0.15, 0.2) is 42.5 Å². The summed E-state index contributed by atoms with van der Waals surface area (Å²) in [6.07, 6.45) is 4.51. The van der Waals surface area contributed by atoms with Crippen molar-refractivity contribution in [1.82, 2.24) is 0 Å². The van der Waals surface area contributed by atoms with Gasteiger partial charge in [0.15, 0.2) is 0 Å². The minimum Gasteiger partial charge on any atom is -0.496 e. The average Bonchev–Trinajstić information content (AvgIpc) is 2.95. The molecule has 2 aromatic rings. The molecule has 0 radical (unpaired) electrons. The molecule has 20 heavy (non-hydrogen) atoms. The first kappa shape index (κ1) is 13.2. The minimum atomic E-state index is 0.0252. The Bertz CT molecular complexity index is 606. The Morgan fingerprint density at radius 3 is 2.75 bits per heavy atom. The van der Waals surface area contributed by atoms with Crippen molar-refractivity contribution in [2.24, 2.45) is 5.73 Å². The molecule has 0 heterocycles. The molecule has 2 heteroatoms. The number of benzene rings is 2. The summed E-state index contributed by atoms with van der Waals surface area (Å²) >= 11 is 0. The quantitative estimate of drug-likeness (QED) is 0.921. The van der Waals surface area contributed by atoms with E-state index in [1.54, 1.807) is 7.11 Å². The third kappa shape index (κ3) is 2.56. The molecule has 104 valence electrons.